The minimum Gasteiger partial charge on any atom is -0.484 e. The van der Waals surface area contributed by atoms with Crippen LogP contribution in [-0.2, 0) is 9.59 Å². The second-order valence-electron chi connectivity index (χ2n) is 6.82. The van der Waals surface area contributed by atoms with E-state index in [-0.39, 0.29) is 30.1 Å². The van der Waals surface area contributed by atoms with Crippen molar-refractivity contribution in [3.8, 4) is 11.5 Å². The maximum Gasteiger partial charge on any atom is 0.387 e. The molecule has 1 saturated carbocycles. The third kappa shape index (κ3) is 6.44. The van der Waals surface area contributed by atoms with E-state index in [0.29, 0.717) is 17.0 Å². The molecule has 2 N–H and O–H groups in total. The number of benzene rings is 2. The van der Waals surface area contributed by atoms with Crippen molar-refractivity contribution < 1.29 is 27.8 Å². The SMILES string of the molecule is CC(NC(=O)COc1cccc(NC(=O)C2CC2)c1)c1cccc(OC(F)F)c1. The first-order valence-corrected chi connectivity index (χ1v) is 9.28. The average molecular weight is 404 g/mol. The van der Waals surface area contributed by atoms with Crippen LogP contribution in [0, 0.1) is 5.92 Å². The normalized spacial score (nSPS) is 14.2. The summed E-state index contributed by atoms with van der Waals surface area (Å²) in [5, 5.41) is 5.56. The number of amides is 2. The fraction of sp³-hybridized carbons (Fsp3) is 0.333. The van der Waals surface area contributed by atoms with Crippen LogP contribution in [-0.4, -0.2) is 25.0 Å². The predicted octanol–water partition coefficient (Wildman–Crippen LogP) is 3.89. The van der Waals surface area contributed by atoms with Crippen molar-refractivity contribution in [2.45, 2.75) is 32.4 Å². The molecular weight excluding hydrogens is 382 g/mol. The maximum atomic E-state index is 12.3. The van der Waals surface area contributed by atoms with Crippen LogP contribution in [0.5, 0.6) is 11.5 Å². The molecule has 8 heteroatoms. The van der Waals surface area contributed by atoms with Crippen molar-refractivity contribution in [3.05, 3.63) is 54.1 Å². The monoisotopic (exact) mass is 404 g/mol. The maximum absolute atomic E-state index is 12.3. The molecule has 1 atom stereocenters. The number of hydrogen-bond donors (Lipinski definition) is 2. The first-order valence-electron chi connectivity index (χ1n) is 9.28. The van der Waals surface area contributed by atoms with Crippen molar-refractivity contribution in [1.82, 2.24) is 5.32 Å². The Hall–Kier alpha value is -3.16. The van der Waals surface area contributed by atoms with E-state index in [1.54, 1.807) is 43.3 Å². The Morgan fingerprint density at radius 2 is 1.83 bits per heavy atom. The molecule has 0 saturated heterocycles. The van der Waals surface area contributed by atoms with Gasteiger partial charge < -0.3 is 20.1 Å². The number of ether oxygens (including phenoxy) is 2. The van der Waals surface area contributed by atoms with Gasteiger partial charge in [0, 0.05) is 17.7 Å². The summed E-state index contributed by atoms with van der Waals surface area (Å²) < 4.78 is 34.5. The van der Waals surface area contributed by atoms with Crippen LogP contribution in [0.25, 0.3) is 0 Å². The van der Waals surface area contributed by atoms with E-state index in [1.807, 2.05) is 0 Å². The van der Waals surface area contributed by atoms with Crippen LogP contribution < -0.4 is 20.1 Å². The van der Waals surface area contributed by atoms with Gasteiger partial charge >= 0.3 is 6.61 Å². The van der Waals surface area contributed by atoms with Gasteiger partial charge in [0.2, 0.25) is 5.91 Å². The van der Waals surface area contributed by atoms with Gasteiger partial charge in [-0.25, -0.2) is 0 Å². The van der Waals surface area contributed by atoms with Gasteiger partial charge in [-0.15, -0.1) is 0 Å². The Labute approximate surface area is 167 Å². The van der Waals surface area contributed by atoms with Gasteiger partial charge in [-0.2, -0.15) is 8.78 Å². The lowest BCUT2D eigenvalue weighted by molar-refractivity contribution is -0.123. The van der Waals surface area contributed by atoms with Gasteiger partial charge in [-0.1, -0.05) is 18.2 Å². The highest BCUT2D eigenvalue weighted by Gasteiger charge is 2.29. The van der Waals surface area contributed by atoms with Crippen molar-refractivity contribution >= 4 is 17.5 Å². The summed E-state index contributed by atoms with van der Waals surface area (Å²) in [4.78, 5) is 24.0. The number of rotatable bonds is 9. The van der Waals surface area contributed by atoms with Crippen molar-refractivity contribution in [3.63, 3.8) is 0 Å². The molecule has 29 heavy (non-hydrogen) atoms. The van der Waals surface area contributed by atoms with Gasteiger partial charge in [0.05, 0.1) is 6.04 Å². The first-order chi connectivity index (χ1) is 13.9. The molecule has 2 aromatic rings. The molecule has 1 aliphatic rings. The largest absolute Gasteiger partial charge is 0.484 e. The number of carbonyl (C=O) groups excluding carboxylic acids is 2. The molecule has 1 aliphatic carbocycles. The molecule has 0 bridgehead atoms. The molecule has 0 aromatic heterocycles. The van der Waals surface area contributed by atoms with E-state index in [1.165, 1.54) is 12.1 Å². The standard InChI is InChI=1S/C21H22F2N2O4/c1-13(15-4-2-7-18(10-15)29-21(22)23)24-19(26)12-28-17-6-3-5-16(11-17)25-20(27)14-8-9-14/h2-7,10-11,13-14,21H,8-9,12H2,1H3,(H,24,26)(H,25,27). The molecule has 6 nitrogen and oxygen atoms in total. The van der Waals surface area contributed by atoms with Crippen molar-refractivity contribution in [2.75, 3.05) is 11.9 Å². The highest BCUT2D eigenvalue weighted by atomic mass is 19.3. The van der Waals surface area contributed by atoms with Gasteiger partial charge in [0.25, 0.3) is 5.91 Å². The second kappa shape index (κ2) is 9.36. The summed E-state index contributed by atoms with van der Waals surface area (Å²) in [6, 6.07) is 12.6. The second-order valence-corrected chi connectivity index (χ2v) is 6.82. The lowest BCUT2D eigenvalue weighted by Gasteiger charge is -2.16. The molecule has 3 rings (SSSR count). The number of nitrogens with one attached hydrogen (secondary N) is 2. The number of halogens is 2. The zero-order valence-electron chi connectivity index (χ0n) is 15.9. The Morgan fingerprint density at radius 1 is 1.10 bits per heavy atom. The van der Waals surface area contributed by atoms with Crippen molar-refractivity contribution in [1.29, 1.82) is 0 Å². The molecule has 2 aromatic carbocycles. The van der Waals surface area contributed by atoms with E-state index in [2.05, 4.69) is 15.4 Å². The molecule has 0 aliphatic heterocycles. The van der Waals surface area contributed by atoms with Crippen LogP contribution in [0.3, 0.4) is 0 Å². The molecule has 0 heterocycles. The molecule has 0 spiro atoms. The Balaban J connectivity index is 1.50. The fourth-order valence-electron chi connectivity index (χ4n) is 2.73. The quantitative estimate of drug-likeness (QED) is 0.665. The van der Waals surface area contributed by atoms with Gasteiger partial charge in [0.15, 0.2) is 6.61 Å². The van der Waals surface area contributed by atoms with Gasteiger partial charge in [-0.05, 0) is 49.6 Å². The Morgan fingerprint density at radius 3 is 2.55 bits per heavy atom. The van der Waals surface area contributed by atoms with E-state index >= 15 is 0 Å². The average Bonchev–Trinajstić information content (AvgIpc) is 3.52. The van der Waals surface area contributed by atoms with Gasteiger partial charge in [0.1, 0.15) is 11.5 Å². The molecular formula is C21H22F2N2O4. The van der Waals surface area contributed by atoms with Crippen molar-refractivity contribution in [2.24, 2.45) is 5.92 Å². The Kier molecular flexibility index (Phi) is 6.64. The predicted molar refractivity (Wildman–Crippen MR) is 103 cm³/mol. The summed E-state index contributed by atoms with van der Waals surface area (Å²) in [6.07, 6.45) is 1.83. The van der Waals surface area contributed by atoms with Crippen LogP contribution in [0.1, 0.15) is 31.4 Å². The summed E-state index contributed by atoms with van der Waals surface area (Å²) >= 11 is 0. The summed E-state index contributed by atoms with van der Waals surface area (Å²) in [5.74, 6) is 0.196. The zero-order valence-corrected chi connectivity index (χ0v) is 15.9. The minimum atomic E-state index is -2.91. The number of hydrogen-bond acceptors (Lipinski definition) is 4. The lowest BCUT2D eigenvalue weighted by atomic mass is 10.1. The van der Waals surface area contributed by atoms with E-state index < -0.39 is 12.7 Å². The number of alkyl halides is 2. The summed E-state index contributed by atoms with van der Waals surface area (Å²) in [6.45, 7) is -1.40. The Bertz CT molecular complexity index is 871. The first kappa shape index (κ1) is 20.6. The van der Waals surface area contributed by atoms with E-state index in [4.69, 9.17) is 4.74 Å². The zero-order chi connectivity index (χ0) is 20.8. The van der Waals surface area contributed by atoms with Gasteiger partial charge in [-0.3, -0.25) is 9.59 Å². The lowest BCUT2D eigenvalue weighted by Crippen LogP contribution is -2.31. The number of carbonyl (C=O) groups is 2. The van der Waals surface area contributed by atoms with Crippen LogP contribution >= 0.6 is 0 Å². The summed E-state index contributed by atoms with van der Waals surface area (Å²) in [5.41, 5.74) is 1.24. The third-order valence-corrected chi connectivity index (χ3v) is 4.38. The molecule has 154 valence electrons. The molecule has 2 amide bonds. The van der Waals surface area contributed by atoms with E-state index in [0.717, 1.165) is 12.8 Å². The molecule has 0 radical (unpaired) electrons. The number of anilines is 1. The van der Waals surface area contributed by atoms with Crippen LogP contribution in [0.2, 0.25) is 0 Å². The smallest absolute Gasteiger partial charge is 0.387 e. The third-order valence-electron chi connectivity index (χ3n) is 4.38. The highest BCUT2D eigenvalue weighted by Crippen LogP contribution is 2.30. The van der Waals surface area contributed by atoms with Crippen LogP contribution in [0.15, 0.2) is 48.5 Å². The molecule has 1 fully saturated rings. The fourth-order valence-corrected chi connectivity index (χ4v) is 2.73. The highest BCUT2D eigenvalue weighted by molar-refractivity contribution is 5.94. The van der Waals surface area contributed by atoms with Crippen LogP contribution in [0.4, 0.5) is 14.5 Å². The summed E-state index contributed by atoms with van der Waals surface area (Å²) in [7, 11) is 0. The minimum absolute atomic E-state index is 0.00762. The van der Waals surface area contributed by atoms with E-state index in [9.17, 15) is 18.4 Å². The topological polar surface area (TPSA) is 76.7 Å². The molecule has 1 unspecified atom stereocenters.